The van der Waals surface area contributed by atoms with Crippen molar-refractivity contribution >= 4 is 19.7 Å². The van der Waals surface area contributed by atoms with Gasteiger partial charge in [0.25, 0.3) is 0 Å². The van der Waals surface area contributed by atoms with Crippen molar-refractivity contribution in [3.63, 3.8) is 0 Å². The third-order valence-corrected chi connectivity index (χ3v) is 2.22. The molecule has 0 N–H and O–H groups in total. The van der Waals surface area contributed by atoms with Crippen LogP contribution in [0.1, 0.15) is 0 Å². The second kappa shape index (κ2) is 4.92. The van der Waals surface area contributed by atoms with E-state index in [0.717, 1.165) is 0 Å². The average molecular weight is 203 g/mol. The predicted octanol–water partition coefficient (Wildman–Crippen LogP) is 0.216. The lowest BCUT2D eigenvalue weighted by Gasteiger charge is -2.11. The Morgan fingerprint density at radius 3 is 2.27 bits per heavy atom. The fourth-order valence-corrected chi connectivity index (χ4v) is 1.69. The van der Waals surface area contributed by atoms with Crippen LogP contribution in [0, 0.1) is 0 Å². The molecule has 0 spiro atoms. The first-order chi connectivity index (χ1) is 4.99. The number of rotatable bonds is 5. The number of hydrogen-bond acceptors (Lipinski definition) is 4. The lowest BCUT2D eigenvalue weighted by Crippen LogP contribution is -2.24. The molecule has 0 amide bonds. The van der Waals surface area contributed by atoms with E-state index < -0.39 is 15.2 Å². The van der Waals surface area contributed by atoms with Gasteiger partial charge in [-0.2, -0.15) is 0 Å². The molecule has 0 bridgehead atoms. The summed E-state index contributed by atoms with van der Waals surface area (Å²) in [4.78, 5) is 0. The molecule has 0 aliphatic rings. The van der Waals surface area contributed by atoms with Gasteiger partial charge >= 0.3 is 0 Å². The van der Waals surface area contributed by atoms with Crippen molar-refractivity contribution in [1.82, 2.24) is 0 Å². The minimum atomic E-state index is -3.49. The third-order valence-electron chi connectivity index (χ3n) is 1.07. The van der Waals surface area contributed by atoms with Crippen molar-refractivity contribution < 1.29 is 17.9 Å². The van der Waals surface area contributed by atoms with Crippen LogP contribution in [0.25, 0.3) is 0 Å². The monoisotopic (exact) mass is 202 g/mol. The molecule has 0 aliphatic heterocycles. The maximum atomic E-state index is 10.5. The molecule has 68 valence electrons. The van der Waals surface area contributed by atoms with Crippen molar-refractivity contribution in [3.8, 4) is 0 Å². The first kappa shape index (κ1) is 11.2. The lowest BCUT2D eigenvalue weighted by atomic mass is 10.4. The molecule has 0 heterocycles. The quantitative estimate of drug-likeness (QED) is 0.599. The zero-order valence-electron chi connectivity index (χ0n) is 6.41. The van der Waals surface area contributed by atoms with Gasteiger partial charge in [0.2, 0.25) is 9.05 Å². The highest BCUT2D eigenvalue weighted by molar-refractivity contribution is 8.13. The van der Waals surface area contributed by atoms with E-state index in [9.17, 15) is 8.42 Å². The van der Waals surface area contributed by atoms with Gasteiger partial charge in [-0.3, -0.25) is 0 Å². The van der Waals surface area contributed by atoms with Crippen molar-refractivity contribution in [2.45, 2.75) is 6.10 Å². The SMILES string of the molecule is COC[C@@H](CS(=O)(=O)Cl)OC. The van der Waals surface area contributed by atoms with E-state index in [-0.39, 0.29) is 12.4 Å². The molecule has 0 saturated heterocycles. The molecule has 0 rings (SSSR count). The van der Waals surface area contributed by atoms with Gasteiger partial charge in [-0.15, -0.1) is 0 Å². The molecule has 1 atom stereocenters. The van der Waals surface area contributed by atoms with Crippen molar-refractivity contribution in [1.29, 1.82) is 0 Å². The van der Waals surface area contributed by atoms with Crippen LogP contribution < -0.4 is 0 Å². The first-order valence-electron chi connectivity index (χ1n) is 2.93. The van der Waals surface area contributed by atoms with Gasteiger partial charge in [0, 0.05) is 24.9 Å². The number of ether oxygens (including phenoxy) is 2. The normalized spacial score (nSPS) is 14.8. The molecule has 11 heavy (non-hydrogen) atoms. The molecule has 0 aromatic rings. The van der Waals surface area contributed by atoms with E-state index >= 15 is 0 Å². The summed E-state index contributed by atoms with van der Waals surface area (Å²) < 4.78 is 30.5. The Labute approximate surface area is 70.9 Å². The zero-order valence-corrected chi connectivity index (χ0v) is 7.98. The molecule has 0 aromatic carbocycles. The third kappa shape index (κ3) is 6.55. The number of hydrogen-bond donors (Lipinski definition) is 0. The summed E-state index contributed by atoms with van der Waals surface area (Å²) in [5.74, 6) is -0.223. The van der Waals surface area contributed by atoms with Crippen LogP contribution in [0.3, 0.4) is 0 Å². The molecule has 6 heteroatoms. The molecule has 0 fully saturated rings. The van der Waals surface area contributed by atoms with Crippen LogP contribution >= 0.6 is 10.7 Å². The van der Waals surface area contributed by atoms with Gasteiger partial charge in [-0.25, -0.2) is 8.42 Å². The maximum Gasteiger partial charge on any atom is 0.235 e. The average Bonchev–Trinajstić information content (AvgIpc) is 1.84. The van der Waals surface area contributed by atoms with E-state index in [0.29, 0.717) is 0 Å². The minimum absolute atomic E-state index is 0.223. The van der Waals surface area contributed by atoms with Gasteiger partial charge in [-0.05, 0) is 0 Å². The highest BCUT2D eigenvalue weighted by Crippen LogP contribution is 2.02. The Bertz CT molecular complexity index is 189. The molecule has 0 aromatic heterocycles. The highest BCUT2D eigenvalue weighted by atomic mass is 35.7. The minimum Gasteiger partial charge on any atom is -0.382 e. The Hall–Kier alpha value is 0.160. The van der Waals surface area contributed by atoms with E-state index in [1.165, 1.54) is 14.2 Å². The van der Waals surface area contributed by atoms with Crippen LogP contribution in [0.5, 0.6) is 0 Å². The molecular formula is C5H11ClO4S. The molecule has 0 saturated carbocycles. The summed E-state index contributed by atoms with van der Waals surface area (Å²) in [6.07, 6.45) is -0.484. The first-order valence-corrected chi connectivity index (χ1v) is 5.41. The smallest absolute Gasteiger partial charge is 0.235 e. The van der Waals surface area contributed by atoms with E-state index in [1.54, 1.807) is 0 Å². The number of methoxy groups -OCH3 is 2. The van der Waals surface area contributed by atoms with E-state index in [1.807, 2.05) is 0 Å². The molecule has 4 nitrogen and oxygen atoms in total. The summed E-state index contributed by atoms with van der Waals surface area (Å²) in [7, 11) is 4.36. The van der Waals surface area contributed by atoms with Crippen LogP contribution in [0.4, 0.5) is 0 Å². The van der Waals surface area contributed by atoms with Crippen molar-refractivity contribution in [2.75, 3.05) is 26.6 Å². The van der Waals surface area contributed by atoms with E-state index in [2.05, 4.69) is 0 Å². The van der Waals surface area contributed by atoms with Crippen molar-refractivity contribution in [2.24, 2.45) is 0 Å². The molecule has 0 aliphatic carbocycles. The molecule has 0 radical (unpaired) electrons. The largest absolute Gasteiger partial charge is 0.382 e. The second-order valence-corrected chi connectivity index (χ2v) is 4.84. The summed E-state index contributed by atoms with van der Waals surface area (Å²) in [6.45, 7) is 0.225. The highest BCUT2D eigenvalue weighted by Gasteiger charge is 2.15. The Balaban J connectivity index is 3.88. The fraction of sp³-hybridized carbons (Fsp3) is 1.00. The summed E-state index contributed by atoms with van der Waals surface area (Å²) in [5, 5.41) is 0. The predicted molar refractivity (Wildman–Crippen MR) is 42.3 cm³/mol. The fourth-order valence-electron chi connectivity index (χ4n) is 0.592. The van der Waals surface area contributed by atoms with Crippen LogP contribution in [-0.4, -0.2) is 41.1 Å². The van der Waals surface area contributed by atoms with Crippen molar-refractivity contribution in [3.05, 3.63) is 0 Å². The van der Waals surface area contributed by atoms with E-state index in [4.69, 9.17) is 20.2 Å². The van der Waals surface area contributed by atoms with Crippen LogP contribution in [0.2, 0.25) is 0 Å². The number of halogens is 1. The van der Waals surface area contributed by atoms with Gasteiger partial charge in [0.05, 0.1) is 18.5 Å². The Morgan fingerprint density at radius 1 is 1.45 bits per heavy atom. The summed E-state index contributed by atoms with van der Waals surface area (Å²) >= 11 is 0. The van der Waals surface area contributed by atoms with Crippen LogP contribution in [0.15, 0.2) is 0 Å². The van der Waals surface area contributed by atoms with Gasteiger partial charge in [0.15, 0.2) is 0 Å². The van der Waals surface area contributed by atoms with Gasteiger partial charge < -0.3 is 9.47 Å². The molecular weight excluding hydrogens is 192 g/mol. The van der Waals surface area contributed by atoms with Crippen LogP contribution in [-0.2, 0) is 18.5 Å². The van der Waals surface area contributed by atoms with Gasteiger partial charge in [-0.1, -0.05) is 0 Å². The summed E-state index contributed by atoms with van der Waals surface area (Å²) in [5.41, 5.74) is 0. The Morgan fingerprint density at radius 2 is 2.00 bits per heavy atom. The summed E-state index contributed by atoms with van der Waals surface area (Å²) in [6, 6.07) is 0. The standard InChI is InChI=1S/C5H11ClO4S/c1-9-3-5(10-2)4-11(6,7)8/h5H,3-4H2,1-2H3/t5-/m0/s1. The zero-order chi connectivity index (χ0) is 8.91. The lowest BCUT2D eigenvalue weighted by molar-refractivity contribution is 0.0422. The second-order valence-electron chi connectivity index (χ2n) is 2.02. The topological polar surface area (TPSA) is 52.6 Å². The van der Waals surface area contributed by atoms with Gasteiger partial charge in [0.1, 0.15) is 0 Å². The Kier molecular flexibility index (Phi) is 4.99. The maximum absolute atomic E-state index is 10.5. The molecule has 0 unspecified atom stereocenters.